The van der Waals surface area contributed by atoms with E-state index in [0.29, 0.717) is 32.9 Å². The topological polar surface area (TPSA) is 107 Å². The minimum absolute atomic E-state index is 0.167. The molecule has 40 heavy (non-hydrogen) atoms. The quantitative estimate of drug-likeness (QED) is 0.376. The molecule has 2 aromatic carbocycles. The van der Waals surface area contributed by atoms with Crippen molar-refractivity contribution in [2.45, 2.75) is 11.3 Å². The lowest BCUT2D eigenvalue weighted by Crippen LogP contribution is -2.31. The number of halogens is 2. The SMILES string of the molecule is CN1CCCN(CCN=S(C)(=O)c2ccc(C(=O)Nc3ccc(Cl)cc3C(=O)Nc3ccc(Cl)cn3)cc2)CC1. The molecule has 2 N–H and O–H groups in total. The highest BCUT2D eigenvalue weighted by Gasteiger charge is 2.17. The largest absolute Gasteiger partial charge is 0.321 e. The first-order valence-corrected chi connectivity index (χ1v) is 15.5. The van der Waals surface area contributed by atoms with Crippen LogP contribution in [0.4, 0.5) is 11.5 Å². The zero-order valence-corrected chi connectivity index (χ0v) is 24.7. The molecule has 1 aromatic heterocycles. The third-order valence-electron chi connectivity index (χ3n) is 6.56. The number of likely N-dealkylation sites (N-methyl/N-ethyl adjacent to an activating group) is 1. The number of aromatic nitrogens is 1. The van der Waals surface area contributed by atoms with E-state index < -0.39 is 21.5 Å². The van der Waals surface area contributed by atoms with Crippen LogP contribution in [0.25, 0.3) is 0 Å². The van der Waals surface area contributed by atoms with Gasteiger partial charge in [0.15, 0.2) is 0 Å². The van der Waals surface area contributed by atoms with Crippen molar-refractivity contribution < 1.29 is 13.8 Å². The van der Waals surface area contributed by atoms with E-state index in [1.54, 1.807) is 54.8 Å². The summed E-state index contributed by atoms with van der Waals surface area (Å²) < 4.78 is 17.8. The summed E-state index contributed by atoms with van der Waals surface area (Å²) in [4.78, 5) is 35.2. The maximum absolute atomic E-state index is 13.3. The van der Waals surface area contributed by atoms with Crippen molar-refractivity contribution in [1.29, 1.82) is 0 Å². The van der Waals surface area contributed by atoms with Crippen LogP contribution in [0.1, 0.15) is 27.1 Å². The Bertz CT molecular complexity index is 1470. The molecule has 4 rings (SSSR count). The van der Waals surface area contributed by atoms with Crippen LogP contribution < -0.4 is 10.6 Å². The van der Waals surface area contributed by atoms with E-state index in [4.69, 9.17) is 23.2 Å². The Hall–Kier alpha value is -3.02. The Morgan fingerprint density at radius 1 is 0.950 bits per heavy atom. The van der Waals surface area contributed by atoms with Gasteiger partial charge in [-0.15, -0.1) is 0 Å². The predicted molar refractivity (Wildman–Crippen MR) is 161 cm³/mol. The lowest BCUT2D eigenvalue weighted by atomic mass is 10.1. The fraction of sp³-hybridized carbons (Fsp3) is 0.321. The normalized spacial score (nSPS) is 16.0. The van der Waals surface area contributed by atoms with Crippen molar-refractivity contribution in [2.75, 3.05) is 63.2 Å². The summed E-state index contributed by atoms with van der Waals surface area (Å²) in [6.07, 6.45) is 4.15. The maximum atomic E-state index is 13.3. The minimum Gasteiger partial charge on any atom is -0.321 e. The van der Waals surface area contributed by atoms with Crippen molar-refractivity contribution in [2.24, 2.45) is 4.36 Å². The number of benzene rings is 2. The second kappa shape index (κ2) is 13.6. The molecule has 1 aliphatic heterocycles. The van der Waals surface area contributed by atoms with E-state index in [1.807, 2.05) is 0 Å². The second-order valence-corrected chi connectivity index (χ2v) is 12.8. The third kappa shape index (κ3) is 8.25. The molecule has 1 saturated heterocycles. The van der Waals surface area contributed by atoms with Crippen LogP contribution in [0, 0.1) is 0 Å². The van der Waals surface area contributed by atoms with Crippen molar-refractivity contribution in [3.63, 3.8) is 0 Å². The number of pyridine rings is 1. The molecule has 2 heterocycles. The molecule has 2 amide bonds. The van der Waals surface area contributed by atoms with Crippen molar-refractivity contribution in [3.8, 4) is 0 Å². The highest BCUT2D eigenvalue weighted by Crippen LogP contribution is 2.23. The Morgan fingerprint density at radius 2 is 1.70 bits per heavy atom. The van der Waals surface area contributed by atoms with E-state index in [9.17, 15) is 13.8 Å². The fourth-order valence-electron chi connectivity index (χ4n) is 4.25. The highest BCUT2D eigenvalue weighted by molar-refractivity contribution is 7.93. The number of anilines is 2. The lowest BCUT2D eigenvalue weighted by Gasteiger charge is -2.19. The van der Waals surface area contributed by atoms with Crippen LogP contribution in [0.3, 0.4) is 0 Å². The van der Waals surface area contributed by atoms with Crippen LogP contribution in [0.5, 0.6) is 0 Å². The summed E-state index contributed by atoms with van der Waals surface area (Å²) in [5.41, 5.74) is 0.785. The first kappa shape index (κ1) is 30.0. The lowest BCUT2D eigenvalue weighted by molar-refractivity contribution is 0.102. The van der Waals surface area contributed by atoms with Crippen LogP contribution in [-0.2, 0) is 9.73 Å². The number of rotatable bonds is 8. The number of nitrogens with one attached hydrogen (secondary N) is 2. The predicted octanol–water partition coefficient (Wildman–Crippen LogP) is 4.99. The Kier molecular flexibility index (Phi) is 10.2. The van der Waals surface area contributed by atoms with Gasteiger partial charge in [-0.2, -0.15) is 0 Å². The van der Waals surface area contributed by atoms with Gasteiger partial charge in [-0.25, -0.2) is 13.6 Å². The number of carbonyl (C=O) groups is 2. The summed E-state index contributed by atoms with van der Waals surface area (Å²) >= 11 is 12.0. The fourth-order valence-corrected chi connectivity index (χ4v) is 5.76. The number of amides is 2. The maximum Gasteiger partial charge on any atom is 0.258 e. The molecule has 0 bridgehead atoms. The summed E-state index contributed by atoms with van der Waals surface area (Å²) in [5, 5.41) is 6.20. The van der Waals surface area contributed by atoms with Crippen molar-refractivity contribution >= 4 is 56.3 Å². The van der Waals surface area contributed by atoms with Crippen molar-refractivity contribution in [1.82, 2.24) is 14.8 Å². The van der Waals surface area contributed by atoms with E-state index >= 15 is 0 Å². The molecule has 12 heteroatoms. The summed E-state index contributed by atoms with van der Waals surface area (Å²) in [6.45, 7) is 5.36. The van der Waals surface area contributed by atoms with Crippen LogP contribution in [0.15, 0.2) is 70.1 Å². The highest BCUT2D eigenvalue weighted by atomic mass is 35.5. The van der Waals surface area contributed by atoms with Gasteiger partial charge in [0.05, 0.1) is 32.5 Å². The Balaban J connectivity index is 1.41. The van der Waals surface area contributed by atoms with Gasteiger partial charge in [-0.1, -0.05) is 23.2 Å². The van der Waals surface area contributed by atoms with Gasteiger partial charge in [0.1, 0.15) is 5.82 Å². The van der Waals surface area contributed by atoms with Gasteiger partial charge in [-0.3, -0.25) is 9.59 Å². The first-order chi connectivity index (χ1) is 19.1. The zero-order valence-electron chi connectivity index (χ0n) is 22.4. The second-order valence-electron chi connectivity index (χ2n) is 9.64. The number of nitrogens with zero attached hydrogens (tertiary/aromatic N) is 4. The monoisotopic (exact) mass is 602 g/mol. The zero-order chi connectivity index (χ0) is 28.7. The summed E-state index contributed by atoms with van der Waals surface area (Å²) in [6, 6.07) is 14.3. The number of hydrogen-bond donors (Lipinski definition) is 2. The number of carbonyl (C=O) groups excluding carboxylic acids is 2. The first-order valence-electron chi connectivity index (χ1n) is 12.8. The van der Waals surface area contributed by atoms with Gasteiger partial charge < -0.3 is 20.4 Å². The molecule has 212 valence electrons. The van der Waals surface area contributed by atoms with E-state index in [0.717, 1.165) is 39.1 Å². The third-order valence-corrected chi connectivity index (χ3v) is 8.84. The van der Waals surface area contributed by atoms with Crippen LogP contribution in [-0.4, -0.2) is 83.4 Å². The van der Waals surface area contributed by atoms with E-state index in [1.165, 1.54) is 12.3 Å². The van der Waals surface area contributed by atoms with Gasteiger partial charge in [0, 0.05) is 47.6 Å². The molecule has 1 fully saturated rings. The van der Waals surface area contributed by atoms with Gasteiger partial charge in [0.25, 0.3) is 11.8 Å². The molecule has 1 aliphatic rings. The van der Waals surface area contributed by atoms with E-state index in [-0.39, 0.29) is 11.3 Å². The standard InChI is InChI=1S/C28H32Cl2N6O3S/c1-35-13-3-14-36(17-16-35)15-12-32-40(2,39)23-8-4-20(5-9-23)27(37)33-25-10-6-21(29)18-24(25)28(38)34-26-11-7-22(30)19-31-26/h4-11,18-19H,3,12-17H2,1-2H3,(H,33,37)(H,31,34,38). The van der Waals surface area contributed by atoms with Crippen LogP contribution in [0.2, 0.25) is 10.0 Å². The molecular weight excluding hydrogens is 571 g/mol. The molecular formula is C28H32Cl2N6O3S. The summed E-state index contributed by atoms with van der Waals surface area (Å²) in [5.74, 6) is -0.629. The molecule has 3 aromatic rings. The van der Waals surface area contributed by atoms with Gasteiger partial charge in [0.2, 0.25) is 0 Å². The van der Waals surface area contributed by atoms with Crippen LogP contribution >= 0.6 is 23.2 Å². The average molecular weight is 604 g/mol. The smallest absolute Gasteiger partial charge is 0.258 e. The average Bonchev–Trinajstić information content (AvgIpc) is 3.14. The summed E-state index contributed by atoms with van der Waals surface area (Å²) in [7, 11) is -0.486. The molecule has 0 aliphatic carbocycles. The molecule has 1 atom stereocenters. The van der Waals surface area contributed by atoms with Gasteiger partial charge in [-0.05, 0) is 81.2 Å². The molecule has 0 saturated carbocycles. The Morgan fingerprint density at radius 3 is 2.42 bits per heavy atom. The molecule has 1 unspecified atom stereocenters. The Labute approximate surface area is 245 Å². The molecule has 9 nitrogen and oxygen atoms in total. The minimum atomic E-state index is -2.61. The van der Waals surface area contributed by atoms with E-state index in [2.05, 4.69) is 36.8 Å². The molecule has 0 radical (unpaired) electrons. The molecule has 0 spiro atoms. The van der Waals surface area contributed by atoms with Crippen molar-refractivity contribution in [3.05, 3.63) is 82.0 Å². The van der Waals surface area contributed by atoms with Gasteiger partial charge >= 0.3 is 0 Å². The number of hydrogen-bond acceptors (Lipinski definition) is 7.